The van der Waals surface area contributed by atoms with Gasteiger partial charge in [0.15, 0.2) is 5.82 Å². The molecule has 2 atom stereocenters. The lowest BCUT2D eigenvalue weighted by Gasteiger charge is -2.14. The second-order valence-electron chi connectivity index (χ2n) is 6.51. The molecule has 4 aromatic rings. The normalized spacial score (nSPS) is 19.6. The third kappa shape index (κ3) is 3.31. The van der Waals surface area contributed by atoms with Crippen molar-refractivity contribution in [1.82, 2.24) is 9.97 Å². The molecule has 4 heterocycles. The molecule has 3 aromatic heterocycles. The van der Waals surface area contributed by atoms with Gasteiger partial charge in [-0.15, -0.1) is 22.7 Å². The first-order valence-electron chi connectivity index (χ1n) is 8.78. The zero-order valence-electron chi connectivity index (χ0n) is 14.4. The summed E-state index contributed by atoms with van der Waals surface area (Å²) >= 11 is 3.29. The Bertz CT molecular complexity index is 1110. The molecule has 0 bridgehead atoms. The van der Waals surface area contributed by atoms with E-state index in [1.54, 1.807) is 22.7 Å². The minimum Gasteiger partial charge on any atom is -0.366 e. The summed E-state index contributed by atoms with van der Waals surface area (Å²) < 4.78 is 11.8. The Morgan fingerprint density at radius 1 is 1.07 bits per heavy atom. The van der Waals surface area contributed by atoms with Gasteiger partial charge in [0.05, 0.1) is 10.3 Å². The summed E-state index contributed by atoms with van der Waals surface area (Å²) in [6, 6.07) is 14.6. The van der Waals surface area contributed by atoms with Gasteiger partial charge >= 0.3 is 0 Å². The standard InChI is InChI=1S/C20H17N3OS3/c24-27-10-8-14(12-27)21-19-17-15(13-5-2-1-3-6-13)11-26-20(17)23-18(22-19)16-7-4-9-25-16/h1-7,9,11,14H,8,10,12H2,(H,21,22,23)/t14-,27+/m0/s1. The van der Waals surface area contributed by atoms with E-state index in [0.717, 1.165) is 50.0 Å². The van der Waals surface area contributed by atoms with Crippen molar-refractivity contribution in [3.63, 3.8) is 0 Å². The molecular formula is C20H17N3OS3. The van der Waals surface area contributed by atoms with E-state index in [2.05, 4.69) is 22.8 Å². The van der Waals surface area contributed by atoms with Crippen LogP contribution in [0.2, 0.25) is 0 Å². The first kappa shape index (κ1) is 17.0. The largest absolute Gasteiger partial charge is 0.366 e. The smallest absolute Gasteiger partial charge is 0.173 e. The molecule has 1 aromatic carbocycles. The van der Waals surface area contributed by atoms with Crippen LogP contribution in [0.3, 0.4) is 0 Å². The summed E-state index contributed by atoms with van der Waals surface area (Å²) in [7, 11) is -0.728. The van der Waals surface area contributed by atoms with Gasteiger partial charge in [0.1, 0.15) is 10.6 Å². The van der Waals surface area contributed by atoms with Gasteiger partial charge < -0.3 is 5.32 Å². The van der Waals surface area contributed by atoms with E-state index in [4.69, 9.17) is 9.97 Å². The third-order valence-electron chi connectivity index (χ3n) is 4.68. The van der Waals surface area contributed by atoms with Gasteiger partial charge in [-0.1, -0.05) is 36.4 Å². The van der Waals surface area contributed by atoms with Gasteiger partial charge in [-0.25, -0.2) is 9.97 Å². The molecule has 27 heavy (non-hydrogen) atoms. The van der Waals surface area contributed by atoms with Crippen molar-refractivity contribution in [2.75, 3.05) is 16.8 Å². The Balaban J connectivity index is 1.67. The van der Waals surface area contributed by atoms with E-state index in [1.807, 2.05) is 35.7 Å². The number of hydrogen-bond acceptors (Lipinski definition) is 6. The minimum atomic E-state index is -0.728. The maximum absolute atomic E-state index is 11.8. The average Bonchev–Trinajstić information content (AvgIpc) is 3.43. The zero-order valence-corrected chi connectivity index (χ0v) is 16.9. The summed E-state index contributed by atoms with van der Waals surface area (Å²) in [4.78, 5) is 11.8. The lowest BCUT2D eigenvalue weighted by molar-refractivity contribution is 0.686. The SMILES string of the molecule is O=[S@@]1CC[C@H](Nc2nc(-c3cccs3)nc3scc(-c4ccccc4)c23)C1. The van der Waals surface area contributed by atoms with Crippen LogP contribution in [-0.2, 0) is 10.8 Å². The van der Waals surface area contributed by atoms with Crippen LogP contribution in [0.1, 0.15) is 6.42 Å². The van der Waals surface area contributed by atoms with E-state index < -0.39 is 10.8 Å². The fourth-order valence-corrected chi connectivity index (χ4v) is 6.38. The molecule has 0 amide bonds. The predicted molar refractivity (Wildman–Crippen MR) is 116 cm³/mol. The highest BCUT2D eigenvalue weighted by Crippen LogP contribution is 2.39. The van der Waals surface area contributed by atoms with Gasteiger partial charge in [-0.05, 0) is 23.4 Å². The molecule has 0 radical (unpaired) electrons. The summed E-state index contributed by atoms with van der Waals surface area (Å²) in [6.45, 7) is 0. The van der Waals surface area contributed by atoms with Crippen LogP contribution in [0, 0.1) is 0 Å². The van der Waals surface area contributed by atoms with Crippen molar-refractivity contribution >= 4 is 49.5 Å². The molecule has 136 valence electrons. The number of nitrogens with one attached hydrogen (secondary N) is 1. The molecule has 5 rings (SSSR count). The van der Waals surface area contributed by atoms with E-state index in [9.17, 15) is 4.21 Å². The molecule has 0 unspecified atom stereocenters. The molecule has 1 aliphatic rings. The zero-order chi connectivity index (χ0) is 18.2. The molecular weight excluding hydrogens is 394 g/mol. The van der Waals surface area contributed by atoms with Gasteiger partial charge in [-0.2, -0.15) is 0 Å². The second kappa shape index (κ2) is 7.14. The van der Waals surface area contributed by atoms with Crippen LogP contribution >= 0.6 is 22.7 Å². The first-order chi connectivity index (χ1) is 13.3. The van der Waals surface area contributed by atoms with Crippen molar-refractivity contribution in [2.45, 2.75) is 12.5 Å². The lowest BCUT2D eigenvalue weighted by atomic mass is 10.1. The van der Waals surface area contributed by atoms with Gasteiger partial charge in [0.2, 0.25) is 0 Å². The van der Waals surface area contributed by atoms with Crippen molar-refractivity contribution < 1.29 is 4.21 Å². The van der Waals surface area contributed by atoms with E-state index >= 15 is 0 Å². The fraction of sp³-hybridized carbons (Fsp3) is 0.200. The number of fused-ring (bicyclic) bond motifs is 1. The van der Waals surface area contributed by atoms with Crippen LogP contribution < -0.4 is 5.32 Å². The third-order valence-corrected chi connectivity index (χ3v) is 7.89. The number of anilines is 1. The van der Waals surface area contributed by atoms with Gasteiger partial charge in [0.25, 0.3) is 0 Å². The van der Waals surface area contributed by atoms with E-state index in [0.29, 0.717) is 5.75 Å². The molecule has 0 aliphatic carbocycles. The maximum Gasteiger partial charge on any atom is 0.173 e. The van der Waals surface area contributed by atoms with Crippen LogP contribution in [0.15, 0.2) is 53.2 Å². The Hall–Kier alpha value is -2.09. The highest BCUT2D eigenvalue weighted by Gasteiger charge is 2.24. The summed E-state index contributed by atoms with van der Waals surface area (Å²) in [5.41, 5.74) is 2.31. The second-order valence-corrected chi connectivity index (χ2v) is 9.94. The molecule has 1 saturated heterocycles. The van der Waals surface area contributed by atoms with Crippen LogP contribution in [-0.4, -0.2) is 31.7 Å². The number of nitrogens with zero attached hydrogens (tertiary/aromatic N) is 2. The van der Waals surface area contributed by atoms with E-state index in [1.165, 1.54) is 0 Å². The summed E-state index contributed by atoms with van der Waals surface area (Å²) in [5, 5.41) is 8.84. The number of hydrogen-bond donors (Lipinski definition) is 1. The maximum atomic E-state index is 11.8. The van der Waals surface area contributed by atoms with Crippen LogP contribution in [0.25, 0.3) is 32.0 Å². The van der Waals surface area contributed by atoms with Crippen molar-refractivity contribution in [3.8, 4) is 21.8 Å². The fourth-order valence-electron chi connectivity index (χ4n) is 3.36. The molecule has 1 fully saturated rings. The quantitative estimate of drug-likeness (QED) is 0.512. The molecule has 1 aliphatic heterocycles. The monoisotopic (exact) mass is 411 g/mol. The first-order valence-corrected chi connectivity index (χ1v) is 12.0. The van der Waals surface area contributed by atoms with Crippen LogP contribution in [0.4, 0.5) is 5.82 Å². The number of thiophene rings is 2. The topological polar surface area (TPSA) is 54.9 Å². The Morgan fingerprint density at radius 2 is 1.96 bits per heavy atom. The summed E-state index contributed by atoms with van der Waals surface area (Å²) in [6.07, 6.45) is 0.914. The predicted octanol–water partition coefficient (Wildman–Crippen LogP) is 5.02. The molecule has 4 nitrogen and oxygen atoms in total. The molecule has 1 N–H and O–H groups in total. The Morgan fingerprint density at radius 3 is 2.70 bits per heavy atom. The Kier molecular flexibility index (Phi) is 4.51. The average molecular weight is 412 g/mol. The number of rotatable bonds is 4. The molecule has 0 spiro atoms. The summed E-state index contributed by atoms with van der Waals surface area (Å²) in [5.74, 6) is 3.05. The molecule has 7 heteroatoms. The van der Waals surface area contributed by atoms with Crippen molar-refractivity contribution in [1.29, 1.82) is 0 Å². The highest BCUT2D eigenvalue weighted by atomic mass is 32.2. The molecule has 0 saturated carbocycles. The van der Waals surface area contributed by atoms with Gasteiger partial charge in [-0.3, -0.25) is 4.21 Å². The lowest BCUT2D eigenvalue weighted by Crippen LogP contribution is -2.20. The minimum absolute atomic E-state index is 0.198. The van der Waals surface area contributed by atoms with Crippen molar-refractivity contribution in [2.24, 2.45) is 0 Å². The number of benzene rings is 1. The Labute approximate surface area is 167 Å². The number of aromatic nitrogens is 2. The van der Waals surface area contributed by atoms with Crippen molar-refractivity contribution in [3.05, 3.63) is 53.2 Å². The highest BCUT2D eigenvalue weighted by molar-refractivity contribution is 7.85. The van der Waals surface area contributed by atoms with Gasteiger partial charge in [0, 0.05) is 39.3 Å². The van der Waals surface area contributed by atoms with E-state index in [-0.39, 0.29) is 6.04 Å². The van der Waals surface area contributed by atoms with Crippen LogP contribution in [0.5, 0.6) is 0 Å².